The average molecular weight is 259 g/mol. The van der Waals surface area contributed by atoms with Crippen molar-refractivity contribution in [3.8, 4) is 0 Å². The third-order valence-electron chi connectivity index (χ3n) is 4.09. The van der Waals surface area contributed by atoms with Gasteiger partial charge in [0.05, 0.1) is 0 Å². The molecule has 1 fully saturated rings. The van der Waals surface area contributed by atoms with Crippen LogP contribution < -0.4 is 0 Å². The zero-order chi connectivity index (χ0) is 13.5. The molecule has 2 nitrogen and oxygen atoms in total. The molecule has 1 aliphatic rings. The lowest BCUT2D eigenvalue weighted by molar-refractivity contribution is -0.123. The van der Waals surface area contributed by atoms with E-state index in [4.69, 9.17) is 0 Å². The van der Waals surface area contributed by atoms with E-state index in [1.165, 1.54) is 18.4 Å². The van der Waals surface area contributed by atoms with Crippen LogP contribution in [0, 0.1) is 5.92 Å². The maximum absolute atomic E-state index is 12.0. The van der Waals surface area contributed by atoms with E-state index in [1.807, 2.05) is 0 Å². The molecule has 0 bridgehead atoms. The van der Waals surface area contributed by atoms with Crippen molar-refractivity contribution >= 4 is 5.78 Å². The van der Waals surface area contributed by atoms with Crippen LogP contribution in [0.25, 0.3) is 0 Å². The standard InChI is InChI=1S/C17H25NO/c1-18(13-12-15-8-4-2-5-9-15)14-16-10-6-3-7-11-17(16)19/h2,4-5,8-9,16H,3,6-7,10-14H2,1H3. The third-order valence-corrected chi connectivity index (χ3v) is 4.09. The van der Waals surface area contributed by atoms with Gasteiger partial charge >= 0.3 is 0 Å². The molecule has 1 aliphatic carbocycles. The van der Waals surface area contributed by atoms with Crippen molar-refractivity contribution in [3.63, 3.8) is 0 Å². The molecular formula is C17H25NO. The van der Waals surface area contributed by atoms with Gasteiger partial charge in [-0.1, -0.05) is 43.2 Å². The van der Waals surface area contributed by atoms with Gasteiger partial charge in [0.15, 0.2) is 0 Å². The molecule has 0 N–H and O–H groups in total. The maximum atomic E-state index is 12.0. The lowest BCUT2D eigenvalue weighted by atomic mass is 9.98. The highest BCUT2D eigenvalue weighted by Crippen LogP contribution is 2.20. The first-order chi connectivity index (χ1) is 9.25. The molecule has 0 heterocycles. The molecule has 0 spiro atoms. The molecule has 0 radical (unpaired) electrons. The Morgan fingerprint density at radius 2 is 1.95 bits per heavy atom. The average Bonchev–Trinajstić information content (AvgIpc) is 2.63. The molecule has 1 aromatic rings. The van der Waals surface area contributed by atoms with E-state index in [2.05, 4.69) is 42.3 Å². The Morgan fingerprint density at radius 1 is 1.16 bits per heavy atom. The van der Waals surface area contributed by atoms with E-state index in [9.17, 15) is 4.79 Å². The summed E-state index contributed by atoms with van der Waals surface area (Å²) < 4.78 is 0. The van der Waals surface area contributed by atoms with E-state index in [0.717, 1.165) is 38.8 Å². The molecule has 1 aromatic carbocycles. The van der Waals surface area contributed by atoms with Gasteiger partial charge in [0.25, 0.3) is 0 Å². The van der Waals surface area contributed by atoms with Crippen LogP contribution in [0.4, 0.5) is 0 Å². The zero-order valence-corrected chi connectivity index (χ0v) is 12.0. The quantitative estimate of drug-likeness (QED) is 0.756. The van der Waals surface area contributed by atoms with Crippen LogP contribution in [0.15, 0.2) is 30.3 Å². The first-order valence-electron chi connectivity index (χ1n) is 7.51. The van der Waals surface area contributed by atoms with Gasteiger partial charge in [0.1, 0.15) is 5.78 Å². The number of likely N-dealkylation sites (N-methyl/N-ethyl adjacent to an activating group) is 1. The predicted octanol–water partition coefficient (Wildman–Crippen LogP) is 3.31. The summed E-state index contributed by atoms with van der Waals surface area (Å²) >= 11 is 0. The maximum Gasteiger partial charge on any atom is 0.137 e. The molecule has 19 heavy (non-hydrogen) atoms. The van der Waals surface area contributed by atoms with Crippen molar-refractivity contribution in [2.24, 2.45) is 5.92 Å². The first-order valence-corrected chi connectivity index (χ1v) is 7.51. The molecule has 1 saturated carbocycles. The van der Waals surface area contributed by atoms with Crippen molar-refractivity contribution in [3.05, 3.63) is 35.9 Å². The molecule has 0 aliphatic heterocycles. The Bertz CT molecular complexity index is 388. The Kier molecular flexibility index (Phi) is 5.59. The van der Waals surface area contributed by atoms with Gasteiger partial charge in [-0.05, 0) is 31.9 Å². The van der Waals surface area contributed by atoms with Gasteiger partial charge in [-0.3, -0.25) is 4.79 Å². The second kappa shape index (κ2) is 7.44. The molecule has 0 amide bonds. The monoisotopic (exact) mass is 259 g/mol. The van der Waals surface area contributed by atoms with Gasteiger partial charge in [-0.2, -0.15) is 0 Å². The third kappa shape index (κ3) is 4.79. The number of hydrogen-bond acceptors (Lipinski definition) is 2. The summed E-state index contributed by atoms with van der Waals surface area (Å²) in [7, 11) is 2.14. The van der Waals surface area contributed by atoms with Crippen molar-refractivity contribution in [2.75, 3.05) is 20.1 Å². The molecular weight excluding hydrogens is 234 g/mol. The summed E-state index contributed by atoms with van der Waals surface area (Å²) in [6, 6.07) is 10.6. The minimum atomic E-state index is 0.281. The summed E-state index contributed by atoms with van der Waals surface area (Å²) in [4.78, 5) is 14.3. The largest absolute Gasteiger partial charge is 0.305 e. The van der Waals surface area contributed by atoms with Crippen molar-refractivity contribution in [2.45, 2.75) is 38.5 Å². The summed E-state index contributed by atoms with van der Waals surface area (Å²) in [6.07, 6.45) is 6.52. The molecule has 2 heteroatoms. The number of carbonyl (C=O) groups is 1. The Labute approximate surface area is 116 Å². The Balaban J connectivity index is 1.77. The fraction of sp³-hybridized carbons (Fsp3) is 0.588. The van der Waals surface area contributed by atoms with Gasteiger partial charge < -0.3 is 4.90 Å². The molecule has 1 unspecified atom stereocenters. The van der Waals surface area contributed by atoms with Crippen LogP contribution in [0.5, 0.6) is 0 Å². The van der Waals surface area contributed by atoms with Crippen molar-refractivity contribution in [1.82, 2.24) is 4.90 Å². The molecule has 104 valence electrons. The second-order valence-electron chi connectivity index (χ2n) is 5.76. The SMILES string of the molecule is CN(CCc1ccccc1)CC1CCCCCC1=O. The predicted molar refractivity (Wildman–Crippen MR) is 79.2 cm³/mol. The van der Waals surface area contributed by atoms with E-state index in [1.54, 1.807) is 0 Å². The van der Waals surface area contributed by atoms with Crippen molar-refractivity contribution < 1.29 is 4.79 Å². The summed E-state index contributed by atoms with van der Waals surface area (Å²) in [5.74, 6) is 0.771. The highest BCUT2D eigenvalue weighted by atomic mass is 16.1. The summed E-state index contributed by atoms with van der Waals surface area (Å²) in [5.41, 5.74) is 1.38. The van der Waals surface area contributed by atoms with Gasteiger partial charge in [0.2, 0.25) is 0 Å². The minimum Gasteiger partial charge on any atom is -0.305 e. The Morgan fingerprint density at radius 3 is 2.74 bits per heavy atom. The van der Waals surface area contributed by atoms with Crippen LogP contribution in [0.3, 0.4) is 0 Å². The molecule has 0 saturated heterocycles. The molecule has 1 atom stereocenters. The normalized spacial score (nSPS) is 20.5. The van der Waals surface area contributed by atoms with Gasteiger partial charge in [-0.25, -0.2) is 0 Å². The van der Waals surface area contributed by atoms with Crippen molar-refractivity contribution in [1.29, 1.82) is 0 Å². The highest BCUT2D eigenvalue weighted by molar-refractivity contribution is 5.81. The highest BCUT2D eigenvalue weighted by Gasteiger charge is 2.21. The summed E-state index contributed by atoms with van der Waals surface area (Å²) in [5, 5.41) is 0. The molecule has 0 aromatic heterocycles. The second-order valence-corrected chi connectivity index (χ2v) is 5.76. The number of Topliss-reactive ketones (excluding diaryl/α,β-unsaturated/α-hetero) is 1. The van der Waals surface area contributed by atoms with E-state index in [0.29, 0.717) is 5.78 Å². The summed E-state index contributed by atoms with van der Waals surface area (Å²) in [6.45, 7) is 1.97. The Hall–Kier alpha value is -1.15. The number of nitrogens with zero attached hydrogens (tertiary/aromatic N) is 1. The number of ketones is 1. The first kappa shape index (κ1) is 14.3. The lowest BCUT2D eigenvalue weighted by Gasteiger charge is -2.22. The van der Waals surface area contributed by atoms with Crippen LogP contribution in [0.2, 0.25) is 0 Å². The number of carbonyl (C=O) groups excluding carboxylic acids is 1. The minimum absolute atomic E-state index is 0.281. The smallest absolute Gasteiger partial charge is 0.137 e. The zero-order valence-electron chi connectivity index (χ0n) is 12.0. The number of rotatable bonds is 5. The number of hydrogen-bond donors (Lipinski definition) is 0. The topological polar surface area (TPSA) is 20.3 Å². The van der Waals surface area contributed by atoms with Gasteiger partial charge in [0, 0.05) is 25.4 Å². The van der Waals surface area contributed by atoms with E-state index >= 15 is 0 Å². The fourth-order valence-corrected chi connectivity index (χ4v) is 2.86. The van der Waals surface area contributed by atoms with Crippen LogP contribution in [0.1, 0.15) is 37.7 Å². The lowest BCUT2D eigenvalue weighted by Crippen LogP contribution is -2.31. The molecule has 2 rings (SSSR count). The van der Waals surface area contributed by atoms with Gasteiger partial charge in [-0.15, -0.1) is 0 Å². The van der Waals surface area contributed by atoms with Crippen LogP contribution in [-0.4, -0.2) is 30.8 Å². The van der Waals surface area contributed by atoms with E-state index < -0.39 is 0 Å². The van der Waals surface area contributed by atoms with Crippen LogP contribution in [-0.2, 0) is 11.2 Å². The van der Waals surface area contributed by atoms with E-state index in [-0.39, 0.29) is 5.92 Å². The van der Waals surface area contributed by atoms with Crippen LogP contribution >= 0.6 is 0 Å². The number of benzene rings is 1. The fourth-order valence-electron chi connectivity index (χ4n) is 2.86.